The van der Waals surface area contributed by atoms with Crippen LogP contribution in [0.25, 0.3) is 0 Å². The van der Waals surface area contributed by atoms with Crippen molar-refractivity contribution in [3.8, 4) is 5.75 Å². The molecule has 2 heterocycles. The number of nitrogens with one attached hydrogen (secondary N) is 1. The van der Waals surface area contributed by atoms with Crippen LogP contribution < -0.4 is 50.2 Å². The molecule has 0 saturated carbocycles. The van der Waals surface area contributed by atoms with Gasteiger partial charge in [-0.2, -0.15) is 0 Å². The summed E-state index contributed by atoms with van der Waals surface area (Å²) in [6.07, 6.45) is -1.92. The van der Waals surface area contributed by atoms with E-state index in [0.29, 0.717) is 0 Å². The van der Waals surface area contributed by atoms with Gasteiger partial charge in [0.05, 0.1) is 17.6 Å². The maximum absolute atomic E-state index is 12.0. The van der Waals surface area contributed by atoms with E-state index >= 15 is 0 Å². The van der Waals surface area contributed by atoms with Crippen molar-refractivity contribution in [2.24, 2.45) is 0 Å². The summed E-state index contributed by atoms with van der Waals surface area (Å²) in [7, 11) is -4.87. The Morgan fingerprint density at radius 1 is 1.35 bits per heavy atom. The van der Waals surface area contributed by atoms with E-state index in [1.165, 1.54) is 13.1 Å². The van der Waals surface area contributed by atoms with Gasteiger partial charge in [0.15, 0.2) is 0 Å². The number of aromatic nitrogens is 2. The van der Waals surface area contributed by atoms with Gasteiger partial charge in [0.2, 0.25) is 0 Å². The van der Waals surface area contributed by atoms with Crippen LogP contribution in [-0.4, -0.2) is 38.4 Å². The maximum Gasteiger partial charge on any atom is 1.00 e. The summed E-state index contributed by atoms with van der Waals surface area (Å²) in [6, 6.07) is 4.31. The fourth-order valence-electron chi connectivity index (χ4n) is 2.78. The molecule has 1 aliphatic rings. The molecule has 1 saturated heterocycles. The summed E-state index contributed by atoms with van der Waals surface area (Å²) in [6.45, 7) is 0.895. The molecule has 162 valence electrons. The van der Waals surface area contributed by atoms with E-state index in [1.807, 2.05) is 0 Å². The third-order valence-corrected chi connectivity index (χ3v) is 5.22. The molecular weight excluding hydrogens is 448 g/mol. The minimum Gasteiger partial charge on any atom is -0.746 e. The maximum atomic E-state index is 12.0. The third kappa shape index (κ3) is 6.34. The molecule has 0 amide bonds. The van der Waals surface area contributed by atoms with E-state index in [9.17, 15) is 34.3 Å². The van der Waals surface area contributed by atoms with Crippen molar-refractivity contribution in [3.63, 3.8) is 0 Å². The number of hydrogen-bond donors (Lipinski definition) is 2. The van der Waals surface area contributed by atoms with Gasteiger partial charge in [0.25, 0.3) is 11.2 Å². The van der Waals surface area contributed by atoms with E-state index in [2.05, 4.69) is 4.98 Å². The van der Waals surface area contributed by atoms with E-state index in [-0.39, 0.29) is 53.0 Å². The first-order valence-corrected chi connectivity index (χ1v) is 10.1. The quantitative estimate of drug-likeness (QED) is 0.184. The molecule has 3 rings (SSSR count). The number of aliphatic hydroxyl groups excluding tert-OH is 1. The first kappa shape index (κ1) is 25.4. The number of rotatable bonds is 7. The van der Waals surface area contributed by atoms with Crippen LogP contribution >= 0.6 is 7.82 Å². The molecule has 0 bridgehead atoms. The molecule has 1 aliphatic heterocycles. The van der Waals surface area contributed by atoms with Gasteiger partial charge in [-0.3, -0.25) is 29.0 Å². The van der Waals surface area contributed by atoms with Crippen LogP contribution in [0.5, 0.6) is 5.75 Å². The fraction of sp³-hybridized carbons (Fsp3) is 0.375. The van der Waals surface area contributed by atoms with Gasteiger partial charge in [-0.25, -0.2) is 4.79 Å². The molecule has 1 aromatic carbocycles. The topological polar surface area (TPSA) is 186 Å². The monoisotopic (exact) mass is 465 g/mol. The van der Waals surface area contributed by atoms with Gasteiger partial charge in [0.1, 0.15) is 18.1 Å². The Labute approximate surface area is 196 Å². The summed E-state index contributed by atoms with van der Waals surface area (Å²) in [5, 5.41) is 20.7. The molecule has 2 aromatic rings. The molecule has 1 fully saturated rings. The molecule has 2 N–H and O–H groups in total. The van der Waals surface area contributed by atoms with Crippen LogP contribution in [0.3, 0.4) is 0 Å². The zero-order chi connectivity index (χ0) is 22.1. The standard InChI is InChI=1S/C16H18N3O10P.Na/c1-9-7-18(16(22)17-15(9)21)14-6-12(20)13(28-14)8-27-30(25,26)29-11-4-2-10(3-5-11)19(23)24;/h2-5,7,12-14,20H,6,8H2,1H3,(H,25,26)(H,17,21,22);/q;+1/p-1. The number of benzene rings is 1. The molecule has 0 aliphatic carbocycles. The average molecular weight is 465 g/mol. The number of hydrogen-bond acceptors (Lipinski definition) is 10. The molecule has 15 heteroatoms. The largest absolute Gasteiger partial charge is 1.00 e. The van der Waals surface area contributed by atoms with E-state index in [4.69, 9.17) is 13.8 Å². The average Bonchev–Trinajstić information content (AvgIpc) is 3.03. The number of H-pyrrole nitrogens is 1. The Kier molecular flexibility index (Phi) is 8.36. The van der Waals surface area contributed by atoms with Crippen LogP contribution in [0.4, 0.5) is 5.69 Å². The molecule has 4 unspecified atom stereocenters. The van der Waals surface area contributed by atoms with Gasteiger partial charge >= 0.3 is 43.1 Å². The van der Waals surface area contributed by atoms with Crippen molar-refractivity contribution in [2.75, 3.05) is 6.61 Å². The number of phosphoric ester groups is 1. The van der Waals surface area contributed by atoms with Gasteiger partial charge in [-0.15, -0.1) is 0 Å². The summed E-state index contributed by atoms with van der Waals surface area (Å²) in [5.74, 6) is -0.194. The van der Waals surface area contributed by atoms with Crippen LogP contribution in [0.2, 0.25) is 0 Å². The van der Waals surface area contributed by atoms with Crippen LogP contribution in [-0.2, 0) is 13.8 Å². The number of nitrogens with zero attached hydrogens (tertiary/aromatic N) is 2. The van der Waals surface area contributed by atoms with Crippen molar-refractivity contribution in [3.05, 3.63) is 67.0 Å². The Morgan fingerprint density at radius 3 is 2.61 bits per heavy atom. The predicted molar refractivity (Wildman–Crippen MR) is 97.9 cm³/mol. The van der Waals surface area contributed by atoms with Crippen molar-refractivity contribution in [1.82, 2.24) is 9.55 Å². The number of nitro groups is 1. The van der Waals surface area contributed by atoms with Crippen LogP contribution in [0.1, 0.15) is 18.2 Å². The number of nitro benzene ring substituents is 1. The van der Waals surface area contributed by atoms with Crippen molar-refractivity contribution >= 4 is 13.5 Å². The molecule has 1 aromatic heterocycles. The number of aliphatic hydroxyl groups is 1. The van der Waals surface area contributed by atoms with E-state index < -0.39 is 49.0 Å². The number of aryl methyl sites for hydroxylation is 1. The summed E-state index contributed by atoms with van der Waals surface area (Å²) in [5.41, 5.74) is -1.27. The minimum absolute atomic E-state index is 0. The zero-order valence-corrected chi connectivity index (χ0v) is 19.4. The molecule has 13 nitrogen and oxygen atoms in total. The normalized spacial score (nSPS) is 22.4. The summed E-state index contributed by atoms with van der Waals surface area (Å²) >= 11 is 0. The van der Waals surface area contributed by atoms with Crippen molar-refractivity contribution in [2.45, 2.75) is 31.8 Å². The summed E-state index contributed by atoms with van der Waals surface area (Å²) < 4.78 is 28.0. The number of ether oxygens (including phenoxy) is 1. The van der Waals surface area contributed by atoms with Crippen LogP contribution in [0, 0.1) is 17.0 Å². The van der Waals surface area contributed by atoms with E-state index in [1.54, 1.807) is 0 Å². The van der Waals surface area contributed by atoms with Gasteiger partial charge in [0, 0.05) is 30.3 Å². The minimum atomic E-state index is -4.87. The molecule has 0 radical (unpaired) electrons. The molecular formula is C16H17N3NaO10P. The zero-order valence-electron chi connectivity index (χ0n) is 16.5. The second-order valence-corrected chi connectivity index (χ2v) is 7.83. The molecule has 31 heavy (non-hydrogen) atoms. The summed E-state index contributed by atoms with van der Waals surface area (Å²) in [4.78, 5) is 47.5. The van der Waals surface area contributed by atoms with Gasteiger partial charge in [-0.05, 0) is 19.1 Å². The Bertz CT molecular complexity index is 1100. The van der Waals surface area contributed by atoms with Crippen molar-refractivity contribution in [1.29, 1.82) is 0 Å². The number of phosphoric acid groups is 1. The first-order chi connectivity index (χ1) is 14.1. The first-order valence-electron chi connectivity index (χ1n) is 8.61. The Morgan fingerprint density at radius 2 is 2.00 bits per heavy atom. The molecule has 4 atom stereocenters. The SMILES string of the molecule is Cc1cn(C2CC(O)C(COP(=O)([O-])Oc3ccc([N+](=O)[O-])cc3)O2)c(=O)[nH]c1=O.[Na+]. The van der Waals surface area contributed by atoms with Gasteiger partial charge < -0.3 is 23.8 Å². The third-order valence-electron chi connectivity index (χ3n) is 4.32. The molecule has 0 spiro atoms. The smallest absolute Gasteiger partial charge is 0.746 e. The Balaban J connectivity index is 0.00000341. The van der Waals surface area contributed by atoms with Crippen LogP contribution in [0.15, 0.2) is 40.1 Å². The number of non-ortho nitro benzene ring substituents is 1. The Hall–Kier alpha value is -1.83. The van der Waals surface area contributed by atoms with Crippen molar-refractivity contribution < 1.29 is 62.8 Å². The second-order valence-electron chi connectivity index (χ2n) is 6.50. The van der Waals surface area contributed by atoms with E-state index in [0.717, 1.165) is 28.8 Å². The predicted octanol–water partition coefficient (Wildman–Crippen LogP) is -3.03. The van der Waals surface area contributed by atoms with Gasteiger partial charge in [-0.1, -0.05) is 0 Å². The number of aromatic amines is 1. The fourth-order valence-corrected chi connectivity index (χ4v) is 3.55. The second kappa shape index (κ2) is 10.2.